The van der Waals surface area contributed by atoms with Crippen LogP contribution in [0, 0.1) is 0 Å². The van der Waals surface area contributed by atoms with Crippen molar-refractivity contribution in [2.75, 3.05) is 42.3 Å². The first-order valence-electron chi connectivity index (χ1n) is 8.39. The second-order valence-corrected chi connectivity index (χ2v) is 6.39. The second-order valence-electron chi connectivity index (χ2n) is 5.98. The highest BCUT2D eigenvalue weighted by Gasteiger charge is 2.19. The molecule has 2 aromatic carbocycles. The van der Waals surface area contributed by atoms with Gasteiger partial charge in [0.05, 0.1) is 29.6 Å². The van der Waals surface area contributed by atoms with Crippen LogP contribution >= 0.6 is 36.4 Å². The Morgan fingerprint density at radius 1 is 1.11 bits per heavy atom. The van der Waals surface area contributed by atoms with Gasteiger partial charge in [0.2, 0.25) is 5.91 Å². The molecule has 1 fully saturated rings. The van der Waals surface area contributed by atoms with Crippen LogP contribution in [0.5, 0.6) is 0 Å². The minimum absolute atomic E-state index is 0. The number of halogens is 3. The first-order valence-corrected chi connectivity index (χ1v) is 8.77. The number of amides is 1. The second kappa shape index (κ2) is 11.2. The zero-order valence-electron chi connectivity index (χ0n) is 14.8. The van der Waals surface area contributed by atoms with Crippen LogP contribution in [-0.2, 0) is 16.0 Å². The Balaban J connectivity index is 0.00000182. The number of rotatable bonds is 5. The zero-order valence-corrected chi connectivity index (χ0v) is 17.2. The van der Waals surface area contributed by atoms with Crippen molar-refractivity contribution in [2.45, 2.75) is 12.8 Å². The molecule has 1 aliphatic heterocycles. The van der Waals surface area contributed by atoms with E-state index in [2.05, 4.69) is 10.2 Å². The maximum Gasteiger partial charge on any atom is 0.224 e. The molecule has 1 saturated heterocycles. The van der Waals surface area contributed by atoms with Gasteiger partial charge in [-0.2, -0.15) is 0 Å². The maximum atomic E-state index is 12.4. The molecule has 0 aliphatic carbocycles. The van der Waals surface area contributed by atoms with Crippen LogP contribution in [0.1, 0.15) is 12.0 Å². The van der Waals surface area contributed by atoms with Gasteiger partial charge in [-0.3, -0.25) is 4.79 Å². The first-order chi connectivity index (χ1) is 12.1. The molecule has 0 saturated carbocycles. The highest BCUT2D eigenvalue weighted by atomic mass is 35.5. The quantitative estimate of drug-likeness (QED) is 0.696. The smallest absolute Gasteiger partial charge is 0.224 e. The molecule has 2 aromatic rings. The summed E-state index contributed by atoms with van der Waals surface area (Å²) in [6.07, 6.45) is 0.967. The number of nitrogens with one attached hydrogen (secondary N) is 1. The number of nitrogens with zero attached hydrogens (tertiary/aromatic N) is 1. The average Bonchev–Trinajstić information content (AvgIpc) is 2.62. The molecule has 0 aromatic heterocycles. The van der Waals surface area contributed by atoms with Gasteiger partial charge < -0.3 is 20.7 Å². The fraction of sp³-hybridized carbons (Fsp3) is 0.316. The summed E-state index contributed by atoms with van der Waals surface area (Å²) in [6, 6.07) is 13.2. The zero-order chi connectivity index (χ0) is 17.6. The summed E-state index contributed by atoms with van der Waals surface area (Å²) in [4.78, 5) is 14.6. The molecule has 148 valence electrons. The van der Waals surface area contributed by atoms with E-state index in [-0.39, 0.29) is 30.7 Å². The van der Waals surface area contributed by atoms with E-state index >= 15 is 0 Å². The Bertz CT molecular complexity index is 753. The highest BCUT2D eigenvalue weighted by Crippen LogP contribution is 2.34. The third kappa shape index (κ3) is 6.18. The lowest BCUT2D eigenvalue weighted by Crippen LogP contribution is -2.37. The molecular formula is C19H24Cl3N3O2. The van der Waals surface area contributed by atoms with Crippen LogP contribution < -0.4 is 16.0 Å². The number of hydrogen-bond donors (Lipinski definition) is 2. The molecule has 1 aliphatic rings. The van der Waals surface area contributed by atoms with E-state index in [0.29, 0.717) is 36.8 Å². The van der Waals surface area contributed by atoms with Crippen molar-refractivity contribution in [3.63, 3.8) is 0 Å². The van der Waals surface area contributed by atoms with Crippen LogP contribution in [0.25, 0.3) is 0 Å². The first kappa shape index (κ1) is 23.4. The number of benzene rings is 2. The van der Waals surface area contributed by atoms with Crippen molar-refractivity contribution < 1.29 is 9.53 Å². The lowest BCUT2D eigenvalue weighted by atomic mass is 10.1. The number of carbonyl (C=O) groups is 1. The Labute approximate surface area is 177 Å². The fourth-order valence-corrected chi connectivity index (χ4v) is 3.24. The fourth-order valence-electron chi connectivity index (χ4n) is 2.95. The summed E-state index contributed by atoms with van der Waals surface area (Å²) in [5.74, 6) is -0.0555. The van der Waals surface area contributed by atoms with E-state index in [9.17, 15) is 4.79 Å². The summed E-state index contributed by atoms with van der Waals surface area (Å²) in [5, 5.41) is 3.62. The molecule has 0 radical (unpaired) electrons. The van der Waals surface area contributed by atoms with Crippen molar-refractivity contribution in [3.8, 4) is 0 Å². The summed E-state index contributed by atoms with van der Waals surface area (Å²) in [7, 11) is 0. The summed E-state index contributed by atoms with van der Waals surface area (Å²) in [6.45, 7) is 2.83. The molecule has 8 heteroatoms. The van der Waals surface area contributed by atoms with E-state index in [4.69, 9.17) is 22.1 Å². The van der Waals surface area contributed by atoms with Gasteiger partial charge in [-0.1, -0.05) is 35.9 Å². The predicted molar refractivity (Wildman–Crippen MR) is 117 cm³/mol. The van der Waals surface area contributed by atoms with Gasteiger partial charge >= 0.3 is 0 Å². The number of para-hydroxylation sites is 2. The Morgan fingerprint density at radius 3 is 2.52 bits per heavy atom. The van der Waals surface area contributed by atoms with E-state index < -0.39 is 0 Å². The van der Waals surface area contributed by atoms with Crippen molar-refractivity contribution in [3.05, 3.63) is 53.1 Å². The number of aryl methyl sites for hydroxylation is 1. The van der Waals surface area contributed by atoms with E-state index in [1.807, 2.05) is 42.5 Å². The average molecular weight is 433 g/mol. The topological polar surface area (TPSA) is 67.6 Å². The number of carbonyl (C=O) groups excluding carboxylic acids is 1. The molecule has 5 nitrogen and oxygen atoms in total. The minimum Gasteiger partial charge on any atom is -0.399 e. The SMILES string of the molecule is Cl.Cl.Nc1ccccc1CCC(=O)Nc1cccc(Cl)c1N1CCOCC1. The van der Waals surface area contributed by atoms with Gasteiger partial charge in [-0.25, -0.2) is 0 Å². The maximum absolute atomic E-state index is 12.4. The van der Waals surface area contributed by atoms with Crippen LogP contribution in [0.4, 0.5) is 17.1 Å². The van der Waals surface area contributed by atoms with Crippen molar-refractivity contribution in [1.82, 2.24) is 0 Å². The van der Waals surface area contributed by atoms with Crippen molar-refractivity contribution in [2.24, 2.45) is 0 Å². The number of morpholine rings is 1. The molecule has 0 spiro atoms. The number of anilines is 3. The monoisotopic (exact) mass is 431 g/mol. The predicted octanol–water partition coefficient (Wildman–Crippen LogP) is 4.17. The number of ether oxygens (including phenoxy) is 1. The normalized spacial score (nSPS) is 13.3. The lowest BCUT2D eigenvalue weighted by molar-refractivity contribution is -0.116. The molecule has 0 unspecified atom stereocenters. The largest absolute Gasteiger partial charge is 0.399 e. The molecule has 27 heavy (non-hydrogen) atoms. The molecule has 3 rings (SSSR count). The summed E-state index contributed by atoms with van der Waals surface area (Å²) < 4.78 is 5.40. The van der Waals surface area contributed by atoms with Crippen LogP contribution in [0.15, 0.2) is 42.5 Å². The minimum atomic E-state index is -0.0555. The number of nitrogens with two attached hydrogens (primary N) is 1. The van der Waals surface area contributed by atoms with Gasteiger partial charge in [-0.15, -0.1) is 24.8 Å². The van der Waals surface area contributed by atoms with Gasteiger partial charge in [-0.05, 0) is 30.2 Å². The number of hydrogen-bond acceptors (Lipinski definition) is 4. The number of nitrogen functional groups attached to an aromatic ring is 1. The van der Waals surface area contributed by atoms with Crippen LogP contribution in [0.3, 0.4) is 0 Å². The summed E-state index contributed by atoms with van der Waals surface area (Å²) in [5.41, 5.74) is 9.23. The Morgan fingerprint density at radius 2 is 1.81 bits per heavy atom. The third-order valence-corrected chi connectivity index (χ3v) is 4.57. The van der Waals surface area contributed by atoms with Crippen LogP contribution in [0.2, 0.25) is 5.02 Å². The highest BCUT2D eigenvalue weighted by molar-refractivity contribution is 6.34. The summed E-state index contributed by atoms with van der Waals surface area (Å²) >= 11 is 6.39. The van der Waals surface area contributed by atoms with Gasteiger partial charge in [0.1, 0.15) is 0 Å². The molecule has 1 heterocycles. The van der Waals surface area contributed by atoms with E-state index in [0.717, 1.165) is 30.0 Å². The van der Waals surface area contributed by atoms with Gasteiger partial charge in [0, 0.05) is 25.2 Å². The molecule has 0 bridgehead atoms. The van der Waals surface area contributed by atoms with Crippen molar-refractivity contribution in [1.29, 1.82) is 0 Å². The Kier molecular flexibility index (Phi) is 9.74. The van der Waals surface area contributed by atoms with E-state index in [1.54, 1.807) is 0 Å². The standard InChI is InChI=1S/C19H22ClN3O2.2ClH/c20-15-5-3-7-17(19(15)23-10-12-25-13-11-23)22-18(24)9-8-14-4-1-2-6-16(14)21;;/h1-7H,8-13,21H2,(H,22,24);2*1H. The van der Waals surface area contributed by atoms with Crippen molar-refractivity contribution >= 4 is 59.4 Å². The third-order valence-electron chi connectivity index (χ3n) is 4.26. The molecule has 0 atom stereocenters. The molecule has 3 N–H and O–H groups in total. The van der Waals surface area contributed by atoms with Crippen LogP contribution in [-0.4, -0.2) is 32.2 Å². The molecular weight excluding hydrogens is 409 g/mol. The van der Waals surface area contributed by atoms with E-state index in [1.165, 1.54) is 0 Å². The lowest BCUT2D eigenvalue weighted by Gasteiger charge is -2.31. The van der Waals surface area contributed by atoms with Gasteiger partial charge in [0.25, 0.3) is 0 Å². The van der Waals surface area contributed by atoms with Gasteiger partial charge in [0.15, 0.2) is 0 Å². The Hall–Kier alpha value is -1.66. The molecule has 1 amide bonds.